The molecule has 0 amide bonds. The average Bonchev–Trinajstić information content (AvgIpc) is 2.11. The molecule has 0 bridgehead atoms. The summed E-state index contributed by atoms with van der Waals surface area (Å²) in [6.07, 6.45) is 0. The lowest BCUT2D eigenvalue weighted by molar-refractivity contribution is -0.145. The standard InChI is InChI=1S/C11H24N2O2/c1-6-15-10(14)9(2)12-7-8-13-11(3,4)5/h9,12-13H,6-8H2,1-5H3. The van der Waals surface area contributed by atoms with Crippen molar-refractivity contribution in [3.8, 4) is 0 Å². The minimum atomic E-state index is -0.230. The normalized spacial score (nSPS) is 13.7. The highest BCUT2D eigenvalue weighted by molar-refractivity contribution is 5.75. The molecule has 0 aliphatic rings. The van der Waals surface area contributed by atoms with Crippen LogP contribution in [0.3, 0.4) is 0 Å². The Hall–Kier alpha value is -0.610. The summed E-state index contributed by atoms with van der Waals surface area (Å²) >= 11 is 0. The molecule has 2 N–H and O–H groups in total. The first-order valence-corrected chi connectivity index (χ1v) is 5.52. The molecule has 15 heavy (non-hydrogen) atoms. The van der Waals surface area contributed by atoms with E-state index in [1.165, 1.54) is 0 Å². The first kappa shape index (κ1) is 14.4. The molecular weight excluding hydrogens is 192 g/mol. The fraction of sp³-hybridized carbons (Fsp3) is 0.909. The van der Waals surface area contributed by atoms with Crippen molar-refractivity contribution in [3.63, 3.8) is 0 Å². The molecule has 0 saturated heterocycles. The molecule has 0 heterocycles. The van der Waals surface area contributed by atoms with E-state index in [9.17, 15) is 4.79 Å². The topological polar surface area (TPSA) is 50.4 Å². The van der Waals surface area contributed by atoms with Crippen molar-refractivity contribution in [2.24, 2.45) is 0 Å². The van der Waals surface area contributed by atoms with Gasteiger partial charge in [-0.15, -0.1) is 0 Å². The zero-order valence-electron chi connectivity index (χ0n) is 10.5. The van der Waals surface area contributed by atoms with Crippen molar-refractivity contribution in [3.05, 3.63) is 0 Å². The van der Waals surface area contributed by atoms with E-state index in [-0.39, 0.29) is 17.6 Å². The van der Waals surface area contributed by atoms with E-state index in [0.717, 1.165) is 13.1 Å². The first-order chi connectivity index (χ1) is 6.87. The van der Waals surface area contributed by atoms with E-state index >= 15 is 0 Å². The fourth-order valence-corrected chi connectivity index (χ4v) is 1.08. The number of rotatable bonds is 6. The molecule has 90 valence electrons. The van der Waals surface area contributed by atoms with Crippen LogP contribution in [-0.2, 0) is 9.53 Å². The number of ether oxygens (including phenoxy) is 1. The Morgan fingerprint density at radius 1 is 1.33 bits per heavy atom. The third kappa shape index (κ3) is 8.39. The molecule has 4 nitrogen and oxygen atoms in total. The van der Waals surface area contributed by atoms with Gasteiger partial charge in [0.2, 0.25) is 0 Å². The lowest BCUT2D eigenvalue weighted by Crippen LogP contribution is -2.43. The number of esters is 1. The van der Waals surface area contributed by atoms with Crippen LogP contribution in [-0.4, -0.2) is 37.2 Å². The van der Waals surface area contributed by atoms with E-state index in [1.807, 2.05) is 13.8 Å². The van der Waals surface area contributed by atoms with Gasteiger partial charge in [-0.2, -0.15) is 0 Å². The summed E-state index contributed by atoms with van der Waals surface area (Å²) < 4.78 is 4.88. The van der Waals surface area contributed by atoms with Crippen LogP contribution >= 0.6 is 0 Å². The third-order valence-corrected chi connectivity index (χ3v) is 1.87. The van der Waals surface area contributed by atoms with Gasteiger partial charge in [-0.3, -0.25) is 4.79 Å². The van der Waals surface area contributed by atoms with Crippen LogP contribution in [0.4, 0.5) is 0 Å². The van der Waals surface area contributed by atoms with Crippen LogP contribution in [0.25, 0.3) is 0 Å². The molecule has 4 heteroatoms. The summed E-state index contributed by atoms with van der Waals surface area (Å²) in [6, 6.07) is -0.230. The quantitative estimate of drug-likeness (QED) is 0.512. The molecule has 0 aliphatic carbocycles. The molecule has 0 radical (unpaired) electrons. The second-order valence-corrected chi connectivity index (χ2v) is 4.60. The maximum Gasteiger partial charge on any atom is 0.322 e. The number of hydrogen-bond acceptors (Lipinski definition) is 4. The summed E-state index contributed by atoms with van der Waals surface area (Å²) in [6.45, 7) is 12.0. The molecule has 0 aliphatic heterocycles. The maximum atomic E-state index is 11.2. The second kappa shape index (κ2) is 6.80. The zero-order chi connectivity index (χ0) is 11.9. The molecule has 0 fully saturated rings. The smallest absolute Gasteiger partial charge is 0.322 e. The lowest BCUT2D eigenvalue weighted by atomic mass is 10.1. The van der Waals surface area contributed by atoms with E-state index in [1.54, 1.807) is 0 Å². The third-order valence-electron chi connectivity index (χ3n) is 1.87. The van der Waals surface area contributed by atoms with Crippen molar-refractivity contribution < 1.29 is 9.53 Å². The van der Waals surface area contributed by atoms with Crippen LogP contribution in [0, 0.1) is 0 Å². The first-order valence-electron chi connectivity index (χ1n) is 5.52. The van der Waals surface area contributed by atoms with Crippen molar-refractivity contribution >= 4 is 5.97 Å². The monoisotopic (exact) mass is 216 g/mol. The minimum absolute atomic E-state index is 0.120. The van der Waals surface area contributed by atoms with E-state index in [2.05, 4.69) is 31.4 Å². The zero-order valence-corrected chi connectivity index (χ0v) is 10.5. The van der Waals surface area contributed by atoms with Crippen molar-refractivity contribution in [2.75, 3.05) is 19.7 Å². The van der Waals surface area contributed by atoms with Crippen LogP contribution in [0.5, 0.6) is 0 Å². The Morgan fingerprint density at radius 3 is 2.40 bits per heavy atom. The highest BCUT2D eigenvalue weighted by Gasteiger charge is 2.13. The van der Waals surface area contributed by atoms with E-state index in [4.69, 9.17) is 4.74 Å². The molecule has 1 unspecified atom stereocenters. The van der Waals surface area contributed by atoms with E-state index in [0.29, 0.717) is 6.61 Å². The molecule has 1 atom stereocenters. The molecule has 0 aromatic carbocycles. The highest BCUT2D eigenvalue weighted by atomic mass is 16.5. The maximum absolute atomic E-state index is 11.2. The Kier molecular flexibility index (Phi) is 6.52. The Bertz CT molecular complexity index is 188. The van der Waals surface area contributed by atoms with Gasteiger partial charge in [0.1, 0.15) is 6.04 Å². The predicted octanol–water partition coefficient (Wildman–Crippen LogP) is 0.916. The molecule has 0 saturated carbocycles. The summed E-state index contributed by atoms with van der Waals surface area (Å²) in [5.41, 5.74) is 0.120. The highest BCUT2D eigenvalue weighted by Crippen LogP contribution is 1.96. The van der Waals surface area contributed by atoms with Gasteiger partial charge < -0.3 is 15.4 Å². The average molecular weight is 216 g/mol. The number of hydrogen-bond donors (Lipinski definition) is 2. The van der Waals surface area contributed by atoms with Gasteiger partial charge in [-0.1, -0.05) is 0 Å². The second-order valence-electron chi connectivity index (χ2n) is 4.60. The molecule has 0 aromatic heterocycles. The number of nitrogens with one attached hydrogen (secondary N) is 2. The fourth-order valence-electron chi connectivity index (χ4n) is 1.08. The van der Waals surface area contributed by atoms with Crippen LogP contribution in [0.2, 0.25) is 0 Å². The summed E-state index contributed by atoms with van der Waals surface area (Å²) in [4.78, 5) is 11.2. The number of carbonyl (C=O) groups excluding carboxylic acids is 1. The van der Waals surface area contributed by atoms with Gasteiger partial charge in [-0.05, 0) is 34.6 Å². The van der Waals surface area contributed by atoms with Gasteiger partial charge in [0.15, 0.2) is 0 Å². The van der Waals surface area contributed by atoms with Crippen molar-refractivity contribution in [2.45, 2.75) is 46.2 Å². The molecule has 0 aromatic rings. The summed E-state index contributed by atoms with van der Waals surface area (Å²) in [5, 5.41) is 6.44. The lowest BCUT2D eigenvalue weighted by Gasteiger charge is -2.21. The minimum Gasteiger partial charge on any atom is -0.465 e. The van der Waals surface area contributed by atoms with Crippen molar-refractivity contribution in [1.82, 2.24) is 10.6 Å². The van der Waals surface area contributed by atoms with Gasteiger partial charge >= 0.3 is 5.97 Å². The molecular formula is C11H24N2O2. The van der Waals surface area contributed by atoms with Gasteiger partial charge in [0.25, 0.3) is 0 Å². The Balaban J connectivity index is 3.55. The SMILES string of the molecule is CCOC(=O)C(C)NCCNC(C)(C)C. The van der Waals surface area contributed by atoms with Gasteiger partial charge in [0.05, 0.1) is 6.61 Å². The van der Waals surface area contributed by atoms with Crippen LogP contribution < -0.4 is 10.6 Å². The van der Waals surface area contributed by atoms with Crippen LogP contribution in [0.15, 0.2) is 0 Å². The van der Waals surface area contributed by atoms with Gasteiger partial charge in [-0.25, -0.2) is 0 Å². The Morgan fingerprint density at radius 2 is 1.93 bits per heavy atom. The van der Waals surface area contributed by atoms with Crippen LogP contribution in [0.1, 0.15) is 34.6 Å². The van der Waals surface area contributed by atoms with E-state index < -0.39 is 0 Å². The molecule has 0 spiro atoms. The summed E-state index contributed by atoms with van der Waals surface area (Å²) in [7, 11) is 0. The predicted molar refractivity (Wildman–Crippen MR) is 61.9 cm³/mol. The largest absolute Gasteiger partial charge is 0.465 e. The van der Waals surface area contributed by atoms with Crippen molar-refractivity contribution in [1.29, 1.82) is 0 Å². The summed E-state index contributed by atoms with van der Waals surface area (Å²) in [5.74, 6) is -0.187. The number of carbonyl (C=O) groups is 1. The van der Waals surface area contributed by atoms with Gasteiger partial charge in [0, 0.05) is 18.6 Å². The molecule has 0 rings (SSSR count). The Labute approximate surface area is 92.8 Å².